The molecule has 0 aliphatic carbocycles. The first kappa shape index (κ1) is 15.5. The van der Waals surface area contributed by atoms with E-state index in [1.165, 1.54) is 6.92 Å². The number of hydrogen-bond donors (Lipinski definition) is 0. The molecule has 0 fully saturated rings. The molecular formula is C12H10F6O. The van der Waals surface area contributed by atoms with Crippen molar-refractivity contribution >= 4 is 5.78 Å². The second-order valence-corrected chi connectivity index (χ2v) is 3.96. The number of halogens is 6. The van der Waals surface area contributed by atoms with Gasteiger partial charge in [0.05, 0.1) is 11.1 Å². The third-order valence-electron chi connectivity index (χ3n) is 2.62. The number of alkyl halides is 6. The molecule has 0 saturated carbocycles. The second kappa shape index (κ2) is 4.86. The molecule has 1 nitrogen and oxygen atoms in total. The summed E-state index contributed by atoms with van der Waals surface area (Å²) in [7, 11) is 0. The Bertz CT molecular complexity index is 498. The van der Waals surface area contributed by atoms with Crippen LogP contribution in [-0.4, -0.2) is 5.78 Å². The molecule has 0 unspecified atom stereocenters. The summed E-state index contributed by atoms with van der Waals surface area (Å²) in [5.41, 5.74) is -3.82. The third kappa shape index (κ3) is 3.27. The van der Waals surface area contributed by atoms with Crippen LogP contribution in [0.3, 0.4) is 0 Å². The van der Waals surface area contributed by atoms with Crippen LogP contribution in [0.5, 0.6) is 0 Å². The van der Waals surface area contributed by atoms with Crippen LogP contribution in [0.2, 0.25) is 0 Å². The van der Waals surface area contributed by atoms with Gasteiger partial charge < -0.3 is 0 Å². The van der Waals surface area contributed by atoms with Gasteiger partial charge in [-0.25, -0.2) is 0 Å². The number of benzene rings is 1. The van der Waals surface area contributed by atoms with Crippen molar-refractivity contribution < 1.29 is 31.1 Å². The monoisotopic (exact) mass is 284 g/mol. The van der Waals surface area contributed by atoms with E-state index in [4.69, 9.17) is 0 Å². The number of carbonyl (C=O) groups is 1. The molecule has 0 aromatic heterocycles. The summed E-state index contributed by atoms with van der Waals surface area (Å²) in [4.78, 5) is 11.2. The van der Waals surface area contributed by atoms with Crippen molar-refractivity contribution in [1.82, 2.24) is 0 Å². The van der Waals surface area contributed by atoms with Crippen LogP contribution < -0.4 is 0 Å². The predicted molar refractivity (Wildman–Crippen MR) is 55.8 cm³/mol. The van der Waals surface area contributed by atoms with Crippen LogP contribution in [-0.2, 0) is 18.8 Å². The molecule has 7 heteroatoms. The predicted octanol–water partition coefficient (Wildman–Crippen LogP) is 4.49. The molecule has 0 radical (unpaired) electrons. The molecule has 0 saturated heterocycles. The average Bonchev–Trinajstić information content (AvgIpc) is 2.24. The van der Waals surface area contributed by atoms with Gasteiger partial charge in [-0.15, -0.1) is 0 Å². The Morgan fingerprint density at radius 3 is 1.89 bits per heavy atom. The molecule has 19 heavy (non-hydrogen) atoms. The molecule has 0 atom stereocenters. The lowest BCUT2D eigenvalue weighted by atomic mass is 9.93. The highest BCUT2D eigenvalue weighted by Gasteiger charge is 2.39. The van der Waals surface area contributed by atoms with Crippen LogP contribution in [0, 0.1) is 0 Å². The van der Waals surface area contributed by atoms with E-state index in [0.29, 0.717) is 6.07 Å². The maximum absolute atomic E-state index is 12.8. The minimum absolute atomic E-state index is 0.0469. The zero-order valence-corrected chi connectivity index (χ0v) is 10.0. The normalized spacial score (nSPS) is 12.6. The van der Waals surface area contributed by atoms with Crippen molar-refractivity contribution in [3.8, 4) is 0 Å². The van der Waals surface area contributed by atoms with Gasteiger partial charge in [0, 0.05) is 5.56 Å². The van der Waals surface area contributed by atoms with E-state index >= 15 is 0 Å². The maximum atomic E-state index is 12.8. The van der Waals surface area contributed by atoms with E-state index in [9.17, 15) is 31.1 Å². The molecule has 1 aromatic carbocycles. The van der Waals surface area contributed by atoms with E-state index in [1.54, 1.807) is 0 Å². The van der Waals surface area contributed by atoms with Crippen molar-refractivity contribution in [3.63, 3.8) is 0 Å². The fourth-order valence-electron chi connectivity index (χ4n) is 1.78. The highest BCUT2D eigenvalue weighted by Crippen LogP contribution is 2.39. The second-order valence-electron chi connectivity index (χ2n) is 3.96. The van der Waals surface area contributed by atoms with E-state index < -0.39 is 40.4 Å². The van der Waals surface area contributed by atoms with Gasteiger partial charge in [0.2, 0.25) is 0 Å². The highest BCUT2D eigenvalue weighted by atomic mass is 19.4. The number of rotatable bonds is 2. The molecule has 0 aliphatic rings. The Hall–Kier alpha value is -1.53. The lowest BCUT2D eigenvalue weighted by Crippen LogP contribution is -2.16. The standard InChI is InChI=1S/C12H10F6O/c1-3-8-9(6(2)19)4-7(11(13,14)15)5-10(8)12(16,17)18/h4-5H,3H2,1-2H3. The summed E-state index contributed by atoms with van der Waals surface area (Å²) in [6, 6.07) is 0.516. The van der Waals surface area contributed by atoms with Crippen LogP contribution in [0.1, 0.15) is 40.9 Å². The number of ketones is 1. The molecule has 0 spiro atoms. The Morgan fingerprint density at radius 2 is 1.58 bits per heavy atom. The van der Waals surface area contributed by atoms with Gasteiger partial charge in [0.25, 0.3) is 0 Å². The van der Waals surface area contributed by atoms with Crippen molar-refractivity contribution in [1.29, 1.82) is 0 Å². The maximum Gasteiger partial charge on any atom is 0.416 e. The van der Waals surface area contributed by atoms with E-state index in [0.717, 1.165) is 6.92 Å². The van der Waals surface area contributed by atoms with Crippen LogP contribution in [0.15, 0.2) is 12.1 Å². The topological polar surface area (TPSA) is 17.1 Å². The lowest BCUT2D eigenvalue weighted by molar-refractivity contribution is -0.143. The Kier molecular flexibility index (Phi) is 3.97. The largest absolute Gasteiger partial charge is 0.416 e. The Morgan fingerprint density at radius 1 is 1.05 bits per heavy atom. The van der Waals surface area contributed by atoms with E-state index in [-0.39, 0.29) is 12.5 Å². The first-order valence-corrected chi connectivity index (χ1v) is 5.30. The van der Waals surface area contributed by atoms with Crippen LogP contribution >= 0.6 is 0 Å². The SMILES string of the molecule is CCc1c(C(C)=O)cc(C(F)(F)F)cc1C(F)(F)F. The summed E-state index contributed by atoms with van der Waals surface area (Å²) in [5, 5.41) is 0. The quantitative estimate of drug-likeness (QED) is 0.577. The molecule has 1 rings (SSSR count). The van der Waals surface area contributed by atoms with Gasteiger partial charge in [-0.05, 0) is 31.0 Å². The zero-order valence-electron chi connectivity index (χ0n) is 10.0. The molecule has 0 aliphatic heterocycles. The van der Waals surface area contributed by atoms with Gasteiger partial charge in [-0.3, -0.25) is 4.79 Å². The molecule has 106 valence electrons. The first-order valence-electron chi connectivity index (χ1n) is 5.30. The minimum Gasteiger partial charge on any atom is -0.295 e. The van der Waals surface area contributed by atoms with E-state index in [1.807, 2.05) is 0 Å². The smallest absolute Gasteiger partial charge is 0.295 e. The number of hydrogen-bond acceptors (Lipinski definition) is 1. The van der Waals surface area contributed by atoms with Gasteiger partial charge >= 0.3 is 12.4 Å². The number of carbonyl (C=O) groups excluding carboxylic acids is 1. The van der Waals surface area contributed by atoms with Crippen molar-refractivity contribution in [2.45, 2.75) is 32.6 Å². The lowest BCUT2D eigenvalue weighted by Gasteiger charge is -2.18. The van der Waals surface area contributed by atoms with Gasteiger partial charge in [-0.1, -0.05) is 6.92 Å². The summed E-state index contributed by atoms with van der Waals surface area (Å²) in [6.45, 7) is 2.29. The molecule has 0 heterocycles. The molecular weight excluding hydrogens is 274 g/mol. The van der Waals surface area contributed by atoms with Gasteiger partial charge in [0.15, 0.2) is 5.78 Å². The molecule has 0 bridgehead atoms. The van der Waals surface area contributed by atoms with E-state index in [2.05, 4.69) is 0 Å². The minimum atomic E-state index is -4.93. The summed E-state index contributed by atoms with van der Waals surface area (Å²) in [6.07, 6.45) is -10.0. The molecule has 0 amide bonds. The van der Waals surface area contributed by atoms with Gasteiger partial charge in [-0.2, -0.15) is 26.3 Å². The fourth-order valence-corrected chi connectivity index (χ4v) is 1.78. The summed E-state index contributed by atoms with van der Waals surface area (Å²) < 4.78 is 76.0. The van der Waals surface area contributed by atoms with Gasteiger partial charge in [0.1, 0.15) is 0 Å². The summed E-state index contributed by atoms with van der Waals surface area (Å²) in [5.74, 6) is -0.826. The molecule has 0 N–H and O–H groups in total. The highest BCUT2D eigenvalue weighted by molar-refractivity contribution is 5.96. The summed E-state index contributed by atoms with van der Waals surface area (Å²) >= 11 is 0. The zero-order chi connectivity index (χ0) is 15.0. The fraction of sp³-hybridized carbons (Fsp3) is 0.417. The van der Waals surface area contributed by atoms with Crippen molar-refractivity contribution in [2.24, 2.45) is 0 Å². The Labute approximate surface area is 105 Å². The van der Waals surface area contributed by atoms with Crippen molar-refractivity contribution in [2.75, 3.05) is 0 Å². The van der Waals surface area contributed by atoms with Crippen LogP contribution in [0.25, 0.3) is 0 Å². The van der Waals surface area contributed by atoms with Crippen LogP contribution in [0.4, 0.5) is 26.3 Å². The van der Waals surface area contributed by atoms with Crippen molar-refractivity contribution in [3.05, 3.63) is 34.4 Å². The molecule has 1 aromatic rings. The number of Topliss-reactive ketones (excluding diaryl/α,β-unsaturated/α-hetero) is 1. The third-order valence-corrected chi connectivity index (χ3v) is 2.62. The first-order chi connectivity index (χ1) is 8.48. The average molecular weight is 284 g/mol. The Balaban J connectivity index is 3.70.